The van der Waals surface area contributed by atoms with Gasteiger partial charge in [-0.15, -0.1) is 6.58 Å². The SMILES string of the molecule is C=CCC1CCC[C@H](C(=O)O)N1C(=O)O. The van der Waals surface area contributed by atoms with Crippen LogP contribution in [-0.4, -0.2) is 39.3 Å². The average Bonchev–Trinajstić information content (AvgIpc) is 2.17. The van der Waals surface area contributed by atoms with E-state index in [1.54, 1.807) is 6.08 Å². The van der Waals surface area contributed by atoms with E-state index in [-0.39, 0.29) is 6.04 Å². The van der Waals surface area contributed by atoms with E-state index in [1.165, 1.54) is 0 Å². The molecule has 0 bridgehead atoms. The van der Waals surface area contributed by atoms with E-state index in [9.17, 15) is 9.59 Å². The fourth-order valence-corrected chi connectivity index (χ4v) is 2.04. The molecule has 2 N–H and O–H groups in total. The maximum absolute atomic E-state index is 11.0. The number of hydrogen-bond acceptors (Lipinski definition) is 2. The summed E-state index contributed by atoms with van der Waals surface area (Å²) in [5.74, 6) is -1.06. The molecule has 15 heavy (non-hydrogen) atoms. The number of nitrogens with zero attached hydrogens (tertiary/aromatic N) is 1. The van der Waals surface area contributed by atoms with Crippen LogP contribution in [0.1, 0.15) is 25.7 Å². The van der Waals surface area contributed by atoms with Crippen LogP contribution in [0.4, 0.5) is 4.79 Å². The second-order valence-electron chi connectivity index (χ2n) is 3.65. The molecule has 0 spiro atoms. The minimum Gasteiger partial charge on any atom is -0.480 e. The van der Waals surface area contributed by atoms with Crippen molar-refractivity contribution < 1.29 is 19.8 Å². The molecule has 0 aromatic heterocycles. The third-order valence-corrected chi connectivity index (χ3v) is 2.69. The molecule has 0 aromatic rings. The van der Waals surface area contributed by atoms with Gasteiger partial charge in [0.25, 0.3) is 0 Å². The summed E-state index contributed by atoms with van der Waals surface area (Å²) < 4.78 is 0. The largest absolute Gasteiger partial charge is 0.480 e. The summed E-state index contributed by atoms with van der Waals surface area (Å²) >= 11 is 0. The maximum Gasteiger partial charge on any atom is 0.408 e. The highest BCUT2D eigenvalue weighted by Gasteiger charge is 2.37. The lowest BCUT2D eigenvalue weighted by molar-refractivity contribution is -0.144. The Morgan fingerprint density at radius 1 is 1.40 bits per heavy atom. The van der Waals surface area contributed by atoms with Crippen LogP contribution in [0.3, 0.4) is 0 Å². The lowest BCUT2D eigenvalue weighted by Crippen LogP contribution is -2.52. The summed E-state index contributed by atoms with van der Waals surface area (Å²) in [4.78, 5) is 22.9. The van der Waals surface area contributed by atoms with Crippen molar-refractivity contribution in [2.24, 2.45) is 0 Å². The molecule has 1 fully saturated rings. The molecule has 1 aliphatic heterocycles. The number of carbonyl (C=O) groups is 2. The van der Waals surface area contributed by atoms with Crippen molar-refractivity contribution in [3.8, 4) is 0 Å². The normalized spacial score (nSPS) is 26.0. The van der Waals surface area contributed by atoms with E-state index in [0.29, 0.717) is 19.3 Å². The van der Waals surface area contributed by atoms with Gasteiger partial charge in [0.05, 0.1) is 0 Å². The molecule has 0 saturated carbocycles. The molecule has 84 valence electrons. The quantitative estimate of drug-likeness (QED) is 0.697. The van der Waals surface area contributed by atoms with Gasteiger partial charge in [-0.1, -0.05) is 6.08 Å². The maximum atomic E-state index is 11.0. The minimum absolute atomic E-state index is 0.241. The van der Waals surface area contributed by atoms with Gasteiger partial charge in [0.1, 0.15) is 6.04 Å². The predicted molar refractivity (Wildman–Crippen MR) is 53.7 cm³/mol. The molecule has 2 atom stereocenters. The first-order valence-corrected chi connectivity index (χ1v) is 4.93. The Bertz CT molecular complexity index is 277. The summed E-state index contributed by atoms with van der Waals surface area (Å²) in [6.07, 6.45) is 2.84. The Kier molecular flexibility index (Phi) is 3.71. The summed E-state index contributed by atoms with van der Waals surface area (Å²) in [5, 5.41) is 17.9. The number of rotatable bonds is 3. The molecular weight excluding hydrogens is 198 g/mol. The zero-order valence-electron chi connectivity index (χ0n) is 8.43. The number of aliphatic carboxylic acids is 1. The smallest absolute Gasteiger partial charge is 0.408 e. The molecular formula is C10H15NO4. The lowest BCUT2D eigenvalue weighted by Gasteiger charge is -2.37. The Morgan fingerprint density at radius 3 is 2.53 bits per heavy atom. The molecule has 1 aliphatic rings. The van der Waals surface area contributed by atoms with Crippen molar-refractivity contribution in [1.29, 1.82) is 0 Å². The fourth-order valence-electron chi connectivity index (χ4n) is 2.04. The van der Waals surface area contributed by atoms with E-state index in [0.717, 1.165) is 11.3 Å². The molecule has 1 unspecified atom stereocenters. The molecule has 0 radical (unpaired) electrons. The Morgan fingerprint density at radius 2 is 2.07 bits per heavy atom. The van der Waals surface area contributed by atoms with Crippen molar-refractivity contribution in [3.63, 3.8) is 0 Å². The zero-order valence-corrected chi connectivity index (χ0v) is 8.43. The van der Waals surface area contributed by atoms with Crippen molar-refractivity contribution in [3.05, 3.63) is 12.7 Å². The van der Waals surface area contributed by atoms with Crippen molar-refractivity contribution in [1.82, 2.24) is 4.90 Å². The van der Waals surface area contributed by atoms with Crippen LogP contribution < -0.4 is 0 Å². The molecule has 0 aromatic carbocycles. The standard InChI is InChI=1S/C10H15NO4/c1-2-4-7-5-3-6-8(9(12)13)11(7)10(14)15/h2,7-8H,1,3-6H2,(H,12,13)(H,14,15)/t7?,8-/m1/s1. The van der Waals surface area contributed by atoms with Crippen molar-refractivity contribution in [2.45, 2.75) is 37.8 Å². The van der Waals surface area contributed by atoms with Gasteiger partial charge in [-0.3, -0.25) is 4.90 Å². The number of likely N-dealkylation sites (tertiary alicyclic amines) is 1. The number of amides is 1. The van der Waals surface area contributed by atoms with Crippen LogP contribution in [0, 0.1) is 0 Å². The average molecular weight is 213 g/mol. The van der Waals surface area contributed by atoms with Crippen molar-refractivity contribution >= 4 is 12.1 Å². The lowest BCUT2D eigenvalue weighted by atomic mass is 9.94. The second kappa shape index (κ2) is 4.82. The first-order valence-electron chi connectivity index (χ1n) is 4.93. The molecule has 0 aliphatic carbocycles. The zero-order chi connectivity index (χ0) is 11.4. The highest BCUT2D eigenvalue weighted by molar-refractivity contribution is 5.79. The monoisotopic (exact) mass is 213 g/mol. The highest BCUT2D eigenvalue weighted by atomic mass is 16.4. The molecule has 1 amide bonds. The number of piperidine rings is 1. The van der Waals surface area contributed by atoms with Gasteiger partial charge in [-0.25, -0.2) is 9.59 Å². The van der Waals surface area contributed by atoms with Gasteiger partial charge in [-0.2, -0.15) is 0 Å². The first-order chi connectivity index (χ1) is 7.07. The van der Waals surface area contributed by atoms with E-state index in [2.05, 4.69) is 6.58 Å². The third-order valence-electron chi connectivity index (χ3n) is 2.69. The molecule has 1 heterocycles. The van der Waals surface area contributed by atoms with E-state index >= 15 is 0 Å². The van der Waals surface area contributed by atoms with Crippen LogP contribution in [0.5, 0.6) is 0 Å². The number of hydrogen-bond donors (Lipinski definition) is 2. The topological polar surface area (TPSA) is 77.8 Å². The van der Waals surface area contributed by atoms with Gasteiger partial charge >= 0.3 is 12.1 Å². The fraction of sp³-hybridized carbons (Fsp3) is 0.600. The highest BCUT2D eigenvalue weighted by Crippen LogP contribution is 2.25. The Balaban J connectivity index is 2.84. The third kappa shape index (κ3) is 2.49. The van der Waals surface area contributed by atoms with Crippen LogP contribution >= 0.6 is 0 Å². The van der Waals surface area contributed by atoms with Gasteiger partial charge in [0.2, 0.25) is 0 Å². The number of carboxylic acid groups (broad SMARTS) is 2. The Labute approximate surface area is 88.0 Å². The predicted octanol–water partition coefficient (Wildman–Crippen LogP) is 1.55. The van der Waals surface area contributed by atoms with Crippen LogP contribution in [0.2, 0.25) is 0 Å². The molecule has 5 nitrogen and oxygen atoms in total. The van der Waals surface area contributed by atoms with Gasteiger partial charge in [-0.05, 0) is 25.7 Å². The van der Waals surface area contributed by atoms with E-state index in [4.69, 9.17) is 10.2 Å². The molecule has 5 heteroatoms. The summed E-state index contributed by atoms with van der Waals surface area (Å²) in [6, 6.07) is -1.14. The summed E-state index contributed by atoms with van der Waals surface area (Å²) in [6.45, 7) is 3.55. The Hall–Kier alpha value is -1.52. The second-order valence-corrected chi connectivity index (χ2v) is 3.65. The summed E-state index contributed by atoms with van der Waals surface area (Å²) in [5.41, 5.74) is 0. The van der Waals surface area contributed by atoms with Crippen LogP contribution in [0.15, 0.2) is 12.7 Å². The van der Waals surface area contributed by atoms with Crippen LogP contribution in [-0.2, 0) is 4.79 Å². The van der Waals surface area contributed by atoms with Gasteiger partial charge in [0.15, 0.2) is 0 Å². The van der Waals surface area contributed by atoms with Gasteiger partial charge in [0, 0.05) is 6.04 Å². The van der Waals surface area contributed by atoms with Gasteiger partial charge < -0.3 is 10.2 Å². The van der Waals surface area contributed by atoms with E-state index in [1.807, 2.05) is 0 Å². The molecule has 1 saturated heterocycles. The van der Waals surface area contributed by atoms with Crippen molar-refractivity contribution in [2.75, 3.05) is 0 Å². The summed E-state index contributed by atoms with van der Waals surface area (Å²) in [7, 11) is 0. The first kappa shape index (κ1) is 11.6. The van der Waals surface area contributed by atoms with E-state index < -0.39 is 18.1 Å². The minimum atomic E-state index is -1.16. The van der Waals surface area contributed by atoms with Crippen LogP contribution in [0.25, 0.3) is 0 Å². The number of carboxylic acids is 1. The molecule has 1 rings (SSSR count).